The van der Waals surface area contributed by atoms with Crippen molar-refractivity contribution in [2.45, 2.75) is 66.4 Å². The Balaban J connectivity index is 3.30. The van der Waals surface area contributed by atoms with E-state index in [1.807, 2.05) is 0 Å². The highest BCUT2D eigenvalue weighted by atomic mass is 16.5. The van der Waals surface area contributed by atoms with Crippen LogP contribution in [-0.4, -0.2) is 23.6 Å². The van der Waals surface area contributed by atoms with Gasteiger partial charge in [-0.25, -0.2) is 9.97 Å². The molecule has 1 rings (SSSR count). The number of hydrogen-bond donors (Lipinski definition) is 1. The highest BCUT2D eigenvalue weighted by Gasteiger charge is 2.30. The number of ether oxygens (including phenoxy) is 1. The van der Waals surface area contributed by atoms with Crippen molar-refractivity contribution in [2.75, 3.05) is 19.0 Å². The van der Waals surface area contributed by atoms with Crippen molar-refractivity contribution >= 4 is 5.82 Å². The first kappa shape index (κ1) is 17.9. The van der Waals surface area contributed by atoms with E-state index in [4.69, 9.17) is 9.72 Å². The number of methoxy groups -OCH3 is 1. The van der Waals surface area contributed by atoms with Crippen LogP contribution in [0.4, 0.5) is 5.82 Å². The van der Waals surface area contributed by atoms with Gasteiger partial charge in [-0.3, -0.25) is 0 Å². The fourth-order valence-corrected chi connectivity index (χ4v) is 2.16. The van der Waals surface area contributed by atoms with Crippen molar-refractivity contribution in [2.24, 2.45) is 5.41 Å². The summed E-state index contributed by atoms with van der Waals surface area (Å²) in [6, 6.07) is 2.05. The van der Waals surface area contributed by atoms with Crippen LogP contribution in [-0.2, 0) is 10.2 Å². The minimum atomic E-state index is -0.123. The van der Waals surface area contributed by atoms with Crippen LogP contribution in [0.5, 0.6) is 0 Å². The molecule has 0 aromatic carbocycles. The van der Waals surface area contributed by atoms with Gasteiger partial charge in [0.2, 0.25) is 0 Å². The van der Waals surface area contributed by atoms with Crippen LogP contribution in [0.1, 0.15) is 72.5 Å². The molecule has 0 radical (unpaired) electrons. The number of rotatable bonds is 5. The van der Waals surface area contributed by atoms with E-state index >= 15 is 0 Å². The van der Waals surface area contributed by atoms with E-state index in [9.17, 15) is 0 Å². The average molecular weight is 293 g/mol. The zero-order valence-corrected chi connectivity index (χ0v) is 14.9. The van der Waals surface area contributed by atoms with E-state index in [2.05, 4.69) is 64.8 Å². The summed E-state index contributed by atoms with van der Waals surface area (Å²) in [4.78, 5) is 9.45. The maximum absolute atomic E-state index is 5.68. The molecule has 0 spiro atoms. The number of nitrogens with zero attached hydrogens (tertiary/aromatic N) is 2. The van der Waals surface area contributed by atoms with Crippen molar-refractivity contribution in [1.82, 2.24) is 9.97 Å². The van der Waals surface area contributed by atoms with E-state index in [0.29, 0.717) is 0 Å². The van der Waals surface area contributed by atoms with E-state index in [-0.39, 0.29) is 16.9 Å². The molecule has 21 heavy (non-hydrogen) atoms. The van der Waals surface area contributed by atoms with Gasteiger partial charge in [0.25, 0.3) is 0 Å². The second kappa shape index (κ2) is 6.73. The molecule has 120 valence electrons. The van der Waals surface area contributed by atoms with Gasteiger partial charge in [0.05, 0.1) is 5.69 Å². The molecule has 0 fully saturated rings. The Bertz CT molecular complexity index is 458. The lowest BCUT2D eigenvalue weighted by Gasteiger charge is -2.29. The maximum Gasteiger partial charge on any atom is 0.160 e. The van der Waals surface area contributed by atoms with E-state index < -0.39 is 0 Å². The Kier molecular flexibility index (Phi) is 5.74. The summed E-state index contributed by atoms with van der Waals surface area (Å²) in [5.41, 5.74) is 0.974. The van der Waals surface area contributed by atoms with Crippen LogP contribution in [0.3, 0.4) is 0 Å². The summed E-state index contributed by atoms with van der Waals surface area (Å²) in [6.45, 7) is 16.0. The fraction of sp³-hybridized carbons (Fsp3) is 0.765. The summed E-state index contributed by atoms with van der Waals surface area (Å²) in [6.07, 6.45) is 0.943. The van der Waals surface area contributed by atoms with Crippen LogP contribution in [0.25, 0.3) is 0 Å². The van der Waals surface area contributed by atoms with Gasteiger partial charge in [0, 0.05) is 25.1 Å². The summed E-state index contributed by atoms with van der Waals surface area (Å²) in [7, 11) is 1.72. The molecule has 1 N–H and O–H groups in total. The molecule has 1 atom stereocenters. The smallest absolute Gasteiger partial charge is 0.160 e. The molecule has 1 aromatic heterocycles. The maximum atomic E-state index is 5.68. The third kappa shape index (κ3) is 4.95. The van der Waals surface area contributed by atoms with Gasteiger partial charge in [-0.1, -0.05) is 48.5 Å². The summed E-state index contributed by atoms with van der Waals surface area (Å²) >= 11 is 0. The van der Waals surface area contributed by atoms with Gasteiger partial charge in [-0.05, 0) is 11.8 Å². The molecular formula is C17H31N3O. The molecule has 0 saturated heterocycles. The number of anilines is 1. The topological polar surface area (TPSA) is 47.0 Å². The Morgan fingerprint density at radius 2 is 1.76 bits per heavy atom. The van der Waals surface area contributed by atoms with Gasteiger partial charge >= 0.3 is 0 Å². The molecular weight excluding hydrogens is 262 g/mol. The molecule has 4 nitrogen and oxygen atoms in total. The summed E-state index contributed by atoms with van der Waals surface area (Å²) in [5.74, 6) is 1.65. The third-order valence-electron chi connectivity index (χ3n) is 3.32. The quantitative estimate of drug-likeness (QED) is 0.877. The minimum Gasteiger partial charge on any atom is -0.373 e. The third-order valence-corrected chi connectivity index (χ3v) is 3.32. The second-order valence-corrected chi connectivity index (χ2v) is 7.66. The molecule has 1 aromatic rings. The lowest BCUT2D eigenvalue weighted by atomic mass is 9.87. The molecule has 1 unspecified atom stereocenters. The molecule has 1 heterocycles. The zero-order chi connectivity index (χ0) is 16.3. The van der Waals surface area contributed by atoms with Gasteiger partial charge < -0.3 is 10.1 Å². The average Bonchev–Trinajstić information content (AvgIpc) is 2.34. The Labute approximate surface area is 129 Å². The van der Waals surface area contributed by atoms with Crippen molar-refractivity contribution in [3.8, 4) is 0 Å². The van der Waals surface area contributed by atoms with Gasteiger partial charge in [0.15, 0.2) is 5.82 Å². The second-order valence-electron chi connectivity index (χ2n) is 7.66. The van der Waals surface area contributed by atoms with E-state index in [1.54, 1.807) is 7.11 Å². The number of nitrogens with one attached hydrogen (secondary N) is 1. The molecule has 0 aliphatic heterocycles. The van der Waals surface area contributed by atoms with Crippen molar-refractivity contribution in [1.29, 1.82) is 0 Å². The van der Waals surface area contributed by atoms with Crippen LogP contribution in [0.15, 0.2) is 6.07 Å². The zero-order valence-electron chi connectivity index (χ0n) is 14.9. The highest BCUT2D eigenvalue weighted by Crippen LogP contribution is 2.35. The molecule has 0 aliphatic carbocycles. The SMILES string of the molecule is CCCNc1cc(C(C)(C)C)nc(C(OC)C(C)(C)C)n1. The molecule has 0 amide bonds. The van der Waals surface area contributed by atoms with E-state index in [1.165, 1.54) is 0 Å². The van der Waals surface area contributed by atoms with Gasteiger partial charge in [-0.15, -0.1) is 0 Å². The van der Waals surface area contributed by atoms with Gasteiger partial charge in [-0.2, -0.15) is 0 Å². The first-order chi connectivity index (χ1) is 9.59. The fourth-order valence-electron chi connectivity index (χ4n) is 2.16. The first-order valence-electron chi connectivity index (χ1n) is 7.75. The Hall–Kier alpha value is -1.16. The van der Waals surface area contributed by atoms with Crippen LogP contribution in [0, 0.1) is 5.41 Å². The first-order valence-corrected chi connectivity index (χ1v) is 7.75. The van der Waals surface area contributed by atoms with E-state index in [0.717, 1.165) is 30.3 Å². The predicted octanol–water partition coefficient (Wildman–Crippen LogP) is 4.33. The number of aromatic nitrogens is 2. The molecule has 0 aliphatic rings. The Morgan fingerprint density at radius 1 is 1.14 bits per heavy atom. The summed E-state index contributed by atoms with van der Waals surface area (Å²) in [5, 5.41) is 3.37. The minimum absolute atomic E-state index is 0.0174. The van der Waals surface area contributed by atoms with Crippen LogP contribution >= 0.6 is 0 Å². The highest BCUT2D eigenvalue weighted by molar-refractivity contribution is 5.38. The largest absolute Gasteiger partial charge is 0.373 e. The summed E-state index contributed by atoms with van der Waals surface area (Å²) < 4.78 is 5.68. The van der Waals surface area contributed by atoms with Crippen molar-refractivity contribution < 1.29 is 4.74 Å². The van der Waals surface area contributed by atoms with Crippen LogP contribution < -0.4 is 5.32 Å². The molecule has 0 saturated carbocycles. The standard InChI is InChI=1S/C17H31N3O/c1-9-10-18-13-11-12(16(2,3)4)19-15(20-13)14(21-8)17(5,6)7/h11,14H,9-10H2,1-8H3,(H,18,19,20). The predicted molar refractivity (Wildman–Crippen MR) is 88.7 cm³/mol. The van der Waals surface area contributed by atoms with Crippen molar-refractivity contribution in [3.05, 3.63) is 17.6 Å². The number of hydrogen-bond acceptors (Lipinski definition) is 4. The lowest BCUT2D eigenvalue weighted by molar-refractivity contribution is 0.00848. The Morgan fingerprint density at radius 3 is 2.19 bits per heavy atom. The lowest BCUT2D eigenvalue weighted by Crippen LogP contribution is -2.25. The monoisotopic (exact) mass is 293 g/mol. The molecule has 4 heteroatoms. The van der Waals surface area contributed by atoms with Crippen molar-refractivity contribution in [3.63, 3.8) is 0 Å². The molecule has 0 bridgehead atoms. The van der Waals surface area contributed by atoms with Crippen LogP contribution in [0.2, 0.25) is 0 Å². The normalized spacial score (nSPS) is 14.1. The van der Waals surface area contributed by atoms with Gasteiger partial charge in [0.1, 0.15) is 11.9 Å².